The third-order valence-corrected chi connectivity index (χ3v) is 5.93. The lowest BCUT2D eigenvalue weighted by Gasteiger charge is -2.24. The van der Waals surface area contributed by atoms with Crippen LogP contribution in [0.25, 0.3) is 0 Å². The Morgan fingerprint density at radius 2 is 1.84 bits per heavy atom. The SMILES string of the molecule is CN(C)S(=O)(=O)c1ccc(C(C)(C)C)c(NC(=O)CCC2(C)N=N2)c1. The number of nitrogens with one attached hydrogen (secondary N) is 1. The summed E-state index contributed by atoms with van der Waals surface area (Å²) in [6, 6.07) is 4.87. The Morgan fingerprint density at radius 1 is 1.24 bits per heavy atom. The molecule has 0 bridgehead atoms. The molecule has 0 spiro atoms. The number of hydrogen-bond acceptors (Lipinski definition) is 5. The molecule has 1 N–H and O–H groups in total. The summed E-state index contributed by atoms with van der Waals surface area (Å²) in [5.74, 6) is -0.177. The first kappa shape index (κ1) is 19.5. The molecule has 1 aliphatic heterocycles. The maximum absolute atomic E-state index is 12.4. The topological polar surface area (TPSA) is 91.2 Å². The molecule has 7 nitrogen and oxygen atoms in total. The summed E-state index contributed by atoms with van der Waals surface area (Å²) in [4.78, 5) is 12.5. The molecule has 0 fully saturated rings. The number of rotatable bonds is 6. The third-order valence-electron chi connectivity index (χ3n) is 4.12. The highest BCUT2D eigenvalue weighted by atomic mass is 32.2. The first-order valence-electron chi connectivity index (χ1n) is 8.16. The molecule has 0 unspecified atom stereocenters. The molecular weight excluding hydrogens is 340 g/mol. The van der Waals surface area contributed by atoms with Gasteiger partial charge in [0.1, 0.15) is 0 Å². The summed E-state index contributed by atoms with van der Waals surface area (Å²) >= 11 is 0. The highest BCUT2D eigenvalue weighted by molar-refractivity contribution is 7.89. The van der Waals surface area contributed by atoms with Gasteiger partial charge < -0.3 is 5.32 Å². The molecule has 1 aliphatic rings. The molecule has 0 saturated heterocycles. The Labute approximate surface area is 149 Å². The predicted molar refractivity (Wildman–Crippen MR) is 97.1 cm³/mol. The quantitative estimate of drug-likeness (QED) is 0.838. The second kappa shape index (κ2) is 6.49. The Hall–Kier alpha value is -1.80. The molecule has 25 heavy (non-hydrogen) atoms. The van der Waals surface area contributed by atoms with E-state index in [4.69, 9.17) is 0 Å². The van der Waals surface area contributed by atoms with Crippen molar-refractivity contribution in [3.63, 3.8) is 0 Å². The molecule has 1 aromatic carbocycles. The van der Waals surface area contributed by atoms with Gasteiger partial charge in [0.2, 0.25) is 15.9 Å². The van der Waals surface area contributed by atoms with Gasteiger partial charge in [0.25, 0.3) is 0 Å². The van der Waals surface area contributed by atoms with Crippen molar-refractivity contribution in [2.24, 2.45) is 10.2 Å². The standard InChI is InChI=1S/C17H26N4O3S/c1-16(2,3)13-8-7-12(25(23,24)21(5)6)11-14(13)18-15(22)9-10-17(4)19-20-17/h7-8,11H,9-10H2,1-6H3,(H,18,22). The van der Waals surface area contributed by atoms with Crippen LogP contribution in [0.1, 0.15) is 46.1 Å². The summed E-state index contributed by atoms with van der Waals surface area (Å²) in [7, 11) is -0.609. The molecule has 0 aromatic heterocycles. The largest absolute Gasteiger partial charge is 0.326 e. The van der Waals surface area contributed by atoms with E-state index in [0.717, 1.165) is 9.87 Å². The summed E-state index contributed by atoms with van der Waals surface area (Å²) in [5.41, 5.74) is 0.733. The van der Waals surface area contributed by atoms with E-state index in [1.54, 1.807) is 12.1 Å². The lowest BCUT2D eigenvalue weighted by molar-refractivity contribution is -0.116. The van der Waals surface area contributed by atoms with Crippen LogP contribution in [0, 0.1) is 0 Å². The van der Waals surface area contributed by atoms with Gasteiger partial charge in [-0.15, -0.1) is 0 Å². The smallest absolute Gasteiger partial charge is 0.242 e. The zero-order chi connectivity index (χ0) is 19.0. The number of carbonyl (C=O) groups is 1. The second-order valence-electron chi connectivity index (χ2n) is 7.71. The van der Waals surface area contributed by atoms with Crippen molar-refractivity contribution in [2.75, 3.05) is 19.4 Å². The molecule has 0 saturated carbocycles. The van der Waals surface area contributed by atoms with Crippen molar-refractivity contribution in [3.05, 3.63) is 23.8 Å². The summed E-state index contributed by atoms with van der Waals surface area (Å²) in [6.07, 6.45) is 0.817. The van der Waals surface area contributed by atoms with Crippen LogP contribution in [-0.2, 0) is 20.2 Å². The van der Waals surface area contributed by atoms with Gasteiger partial charge in [-0.05, 0) is 30.0 Å². The van der Waals surface area contributed by atoms with Crippen LogP contribution in [-0.4, -0.2) is 38.4 Å². The fourth-order valence-electron chi connectivity index (χ4n) is 2.40. The number of anilines is 1. The van der Waals surface area contributed by atoms with Gasteiger partial charge in [-0.1, -0.05) is 26.8 Å². The number of hydrogen-bond donors (Lipinski definition) is 1. The Bertz CT molecular complexity index is 802. The van der Waals surface area contributed by atoms with Crippen LogP contribution < -0.4 is 5.32 Å². The maximum Gasteiger partial charge on any atom is 0.242 e. The van der Waals surface area contributed by atoms with E-state index in [1.165, 1.54) is 20.2 Å². The molecule has 0 radical (unpaired) electrons. The second-order valence-corrected chi connectivity index (χ2v) is 9.86. The zero-order valence-corrected chi connectivity index (χ0v) is 16.4. The van der Waals surface area contributed by atoms with E-state index in [0.29, 0.717) is 12.1 Å². The van der Waals surface area contributed by atoms with E-state index in [9.17, 15) is 13.2 Å². The van der Waals surface area contributed by atoms with Crippen LogP contribution in [0.3, 0.4) is 0 Å². The van der Waals surface area contributed by atoms with E-state index < -0.39 is 15.7 Å². The molecule has 1 aromatic rings. The molecule has 1 heterocycles. The van der Waals surface area contributed by atoms with Crippen molar-refractivity contribution in [2.45, 2.75) is 56.5 Å². The molecule has 1 amide bonds. The minimum absolute atomic E-state index is 0.153. The highest BCUT2D eigenvalue weighted by Gasteiger charge is 2.34. The van der Waals surface area contributed by atoms with Crippen LogP contribution in [0.5, 0.6) is 0 Å². The maximum atomic E-state index is 12.4. The molecule has 8 heteroatoms. The van der Waals surface area contributed by atoms with Gasteiger partial charge in [-0.25, -0.2) is 12.7 Å². The van der Waals surface area contributed by atoms with Gasteiger partial charge in [0, 0.05) is 32.6 Å². The minimum atomic E-state index is -3.57. The van der Waals surface area contributed by atoms with Crippen molar-refractivity contribution in [1.29, 1.82) is 0 Å². The normalized spacial score (nSPS) is 16.1. The van der Waals surface area contributed by atoms with Gasteiger partial charge in [-0.3, -0.25) is 4.79 Å². The van der Waals surface area contributed by atoms with Gasteiger partial charge in [0.05, 0.1) is 4.90 Å². The van der Waals surface area contributed by atoms with Crippen LogP contribution >= 0.6 is 0 Å². The molecule has 138 valence electrons. The molecule has 0 aliphatic carbocycles. The van der Waals surface area contributed by atoms with E-state index >= 15 is 0 Å². The van der Waals surface area contributed by atoms with Crippen molar-refractivity contribution in [1.82, 2.24) is 4.31 Å². The van der Waals surface area contributed by atoms with Crippen molar-refractivity contribution in [3.8, 4) is 0 Å². The summed E-state index contributed by atoms with van der Waals surface area (Å²) in [6.45, 7) is 7.91. The van der Waals surface area contributed by atoms with Gasteiger partial charge in [0.15, 0.2) is 5.66 Å². The van der Waals surface area contributed by atoms with Crippen LogP contribution in [0.4, 0.5) is 5.69 Å². The lowest BCUT2D eigenvalue weighted by atomic mass is 9.86. The first-order valence-corrected chi connectivity index (χ1v) is 9.60. The van der Waals surface area contributed by atoms with Gasteiger partial charge in [-0.2, -0.15) is 10.2 Å². The minimum Gasteiger partial charge on any atom is -0.326 e. The van der Waals surface area contributed by atoms with Crippen LogP contribution in [0.2, 0.25) is 0 Å². The van der Waals surface area contributed by atoms with Crippen molar-refractivity contribution >= 4 is 21.6 Å². The molecule has 2 rings (SSSR count). The van der Waals surface area contributed by atoms with Crippen molar-refractivity contribution < 1.29 is 13.2 Å². The van der Waals surface area contributed by atoms with E-state index in [2.05, 4.69) is 15.5 Å². The van der Waals surface area contributed by atoms with E-state index in [1.807, 2.05) is 27.7 Å². The predicted octanol–water partition coefficient (Wildman–Crippen LogP) is 3.14. The zero-order valence-electron chi connectivity index (χ0n) is 15.6. The fourth-order valence-corrected chi connectivity index (χ4v) is 3.33. The molecule has 0 atom stereocenters. The number of carbonyl (C=O) groups excluding carboxylic acids is 1. The number of amides is 1. The summed E-state index contributed by atoms with van der Waals surface area (Å²) < 4.78 is 25.9. The van der Waals surface area contributed by atoms with Crippen LogP contribution in [0.15, 0.2) is 33.3 Å². The third kappa shape index (κ3) is 4.64. The Morgan fingerprint density at radius 3 is 2.32 bits per heavy atom. The fraction of sp³-hybridized carbons (Fsp3) is 0.588. The number of sulfonamides is 1. The number of nitrogens with zero attached hydrogens (tertiary/aromatic N) is 3. The summed E-state index contributed by atoms with van der Waals surface area (Å²) in [5, 5.41) is 10.7. The van der Waals surface area contributed by atoms with Gasteiger partial charge >= 0.3 is 0 Å². The monoisotopic (exact) mass is 366 g/mol. The Kier molecular flexibility index (Phi) is 5.07. The average molecular weight is 366 g/mol. The lowest BCUT2D eigenvalue weighted by Crippen LogP contribution is -2.24. The van der Waals surface area contributed by atoms with E-state index in [-0.39, 0.29) is 22.6 Å². The highest BCUT2D eigenvalue weighted by Crippen LogP contribution is 2.34. The first-order chi connectivity index (χ1) is 11.3. The Balaban J connectivity index is 2.30. The molecular formula is C17H26N4O3S. The number of benzene rings is 1. The average Bonchev–Trinajstić information content (AvgIpc) is 3.22.